The number of rotatable bonds is 4. The summed E-state index contributed by atoms with van der Waals surface area (Å²) in [5.41, 5.74) is 1.21. The van der Waals surface area contributed by atoms with Crippen LogP contribution in [0, 0.1) is 6.92 Å². The third kappa shape index (κ3) is 3.27. The summed E-state index contributed by atoms with van der Waals surface area (Å²) in [6, 6.07) is 7.89. The molecule has 0 atom stereocenters. The minimum absolute atomic E-state index is 0.786. The summed E-state index contributed by atoms with van der Waals surface area (Å²) in [6.45, 7) is 4.86. The van der Waals surface area contributed by atoms with Gasteiger partial charge >= 0.3 is 0 Å². The van der Waals surface area contributed by atoms with Crippen molar-refractivity contribution in [2.75, 3.05) is 18.5 Å². The minimum atomic E-state index is 0.786. The predicted molar refractivity (Wildman–Crippen MR) is 59.3 cm³/mol. The summed E-state index contributed by atoms with van der Waals surface area (Å²) in [4.78, 5) is 2.21. The number of halogens is 1. The Hall–Kier alpha value is -0.690. The monoisotopic (exact) mass is 196 g/mol. The summed E-state index contributed by atoms with van der Waals surface area (Å²) in [5.74, 6) is 0. The third-order valence-electron chi connectivity index (χ3n) is 2.01. The van der Waals surface area contributed by atoms with Gasteiger partial charge in [0, 0.05) is 24.3 Å². The van der Waals surface area contributed by atoms with Gasteiger partial charge in [-0.1, -0.05) is 24.9 Å². The number of anilines is 1. The van der Waals surface area contributed by atoms with Crippen molar-refractivity contribution in [3.8, 4) is 0 Å². The molecule has 0 spiro atoms. The van der Waals surface area contributed by atoms with Crippen LogP contribution in [0.25, 0.3) is 0 Å². The lowest BCUT2D eigenvalue weighted by atomic mass is 10.2. The molecule has 71 valence electrons. The first-order chi connectivity index (χ1) is 6.24. The second-order valence-electron chi connectivity index (χ2n) is 3.11. The van der Waals surface area contributed by atoms with E-state index in [0.29, 0.717) is 0 Å². The zero-order valence-electron chi connectivity index (χ0n) is 7.96. The molecule has 1 aromatic rings. The SMILES string of the molecule is [CH2]CCCN(C)c1ccc(Cl)cc1. The molecule has 2 heteroatoms. The second kappa shape index (κ2) is 5.13. The normalized spacial score (nSPS) is 10.1. The fourth-order valence-electron chi connectivity index (χ4n) is 1.17. The van der Waals surface area contributed by atoms with Crippen LogP contribution in [0.15, 0.2) is 24.3 Å². The van der Waals surface area contributed by atoms with Gasteiger partial charge in [-0.2, -0.15) is 0 Å². The summed E-state index contributed by atoms with van der Waals surface area (Å²) < 4.78 is 0. The van der Waals surface area contributed by atoms with Gasteiger partial charge in [0.05, 0.1) is 0 Å². The van der Waals surface area contributed by atoms with Gasteiger partial charge in [0.15, 0.2) is 0 Å². The molecule has 0 aromatic heterocycles. The van der Waals surface area contributed by atoms with Crippen molar-refractivity contribution >= 4 is 17.3 Å². The maximum absolute atomic E-state index is 5.79. The average Bonchev–Trinajstić information content (AvgIpc) is 2.15. The van der Waals surface area contributed by atoms with Crippen molar-refractivity contribution in [2.24, 2.45) is 0 Å². The van der Waals surface area contributed by atoms with Crippen molar-refractivity contribution < 1.29 is 0 Å². The highest BCUT2D eigenvalue weighted by Gasteiger charge is 1.98. The Balaban J connectivity index is 2.55. The van der Waals surface area contributed by atoms with Crippen molar-refractivity contribution in [1.29, 1.82) is 0 Å². The van der Waals surface area contributed by atoms with Crippen LogP contribution in [-0.4, -0.2) is 13.6 Å². The fourth-order valence-corrected chi connectivity index (χ4v) is 1.30. The maximum Gasteiger partial charge on any atom is 0.0407 e. The van der Waals surface area contributed by atoms with Gasteiger partial charge in [-0.05, 0) is 30.7 Å². The lowest BCUT2D eigenvalue weighted by molar-refractivity contribution is 0.800. The Morgan fingerprint density at radius 3 is 2.46 bits per heavy atom. The van der Waals surface area contributed by atoms with Crippen molar-refractivity contribution in [2.45, 2.75) is 12.8 Å². The van der Waals surface area contributed by atoms with Gasteiger partial charge in [0.1, 0.15) is 0 Å². The van der Waals surface area contributed by atoms with E-state index in [1.807, 2.05) is 24.3 Å². The molecule has 0 aliphatic heterocycles. The molecule has 0 bridgehead atoms. The van der Waals surface area contributed by atoms with Gasteiger partial charge in [0.25, 0.3) is 0 Å². The largest absolute Gasteiger partial charge is 0.375 e. The quantitative estimate of drug-likeness (QED) is 0.714. The number of hydrogen-bond donors (Lipinski definition) is 0. The third-order valence-corrected chi connectivity index (χ3v) is 2.26. The van der Waals surface area contributed by atoms with Crippen LogP contribution >= 0.6 is 11.6 Å². The lowest BCUT2D eigenvalue weighted by Crippen LogP contribution is -2.17. The van der Waals surface area contributed by atoms with E-state index in [9.17, 15) is 0 Å². The highest BCUT2D eigenvalue weighted by Crippen LogP contribution is 2.16. The van der Waals surface area contributed by atoms with E-state index in [2.05, 4.69) is 18.9 Å². The smallest absolute Gasteiger partial charge is 0.0407 e. The van der Waals surface area contributed by atoms with Crippen molar-refractivity contribution in [3.63, 3.8) is 0 Å². The standard InChI is InChI=1S/C11H15ClN/c1-3-4-9-13(2)11-7-5-10(12)6-8-11/h5-8H,1,3-4,9H2,2H3. The maximum atomic E-state index is 5.79. The topological polar surface area (TPSA) is 3.24 Å². The molecule has 0 unspecified atom stereocenters. The summed E-state index contributed by atoms with van der Waals surface area (Å²) in [7, 11) is 2.08. The molecule has 13 heavy (non-hydrogen) atoms. The predicted octanol–water partition coefficient (Wildman–Crippen LogP) is 3.39. The van der Waals surface area contributed by atoms with Crippen LogP contribution in [0.2, 0.25) is 5.02 Å². The molecule has 0 amide bonds. The van der Waals surface area contributed by atoms with E-state index in [-0.39, 0.29) is 0 Å². The van der Waals surface area contributed by atoms with Crippen LogP contribution in [-0.2, 0) is 0 Å². The van der Waals surface area contributed by atoms with E-state index in [4.69, 9.17) is 11.6 Å². The molecule has 0 fully saturated rings. The summed E-state index contributed by atoms with van der Waals surface area (Å²) in [6.07, 6.45) is 2.11. The van der Waals surface area contributed by atoms with Crippen LogP contribution in [0.3, 0.4) is 0 Å². The Morgan fingerprint density at radius 2 is 1.92 bits per heavy atom. The summed E-state index contributed by atoms with van der Waals surface area (Å²) in [5, 5.41) is 0.786. The molecule has 0 saturated carbocycles. The highest BCUT2D eigenvalue weighted by molar-refractivity contribution is 6.30. The van der Waals surface area contributed by atoms with E-state index in [0.717, 1.165) is 24.4 Å². The van der Waals surface area contributed by atoms with Gasteiger partial charge in [0.2, 0.25) is 0 Å². The van der Waals surface area contributed by atoms with Crippen LogP contribution in [0.5, 0.6) is 0 Å². The Morgan fingerprint density at radius 1 is 1.31 bits per heavy atom. The van der Waals surface area contributed by atoms with Gasteiger partial charge in [-0.25, -0.2) is 0 Å². The highest BCUT2D eigenvalue weighted by atomic mass is 35.5. The second-order valence-corrected chi connectivity index (χ2v) is 3.54. The summed E-state index contributed by atoms with van der Waals surface area (Å²) >= 11 is 5.79. The van der Waals surface area contributed by atoms with Crippen LogP contribution < -0.4 is 4.90 Å². The Labute approximate surface area is 85.3 Å². The van der Waals surface area contributed by atoms with Crippen LogP contribution in [0.1, 0.15) is 12.8 Å². The van der Waals surface area contributed by atoms with E-state index < -0.39 is 0 Å². The average molecular weight is 197 g/mol. The molecule has 0 saturated heterocycles. The van der Waals surface area contributed by atoms with E-state index in [1.165, 1.54) is 5.69 Å². The molecule has 1 aromatic carbocycles. The number of benzene rings is 1. The number of nitrogens with zero attached hydrogens (tertiary/aromatic N) is 1. The van der Waals surface area contributed by atoms with E-state index >= 15 is 0 Å². The zero-order chi connectivity index (χ0) is 9.68. The zero-order valence-corrected chi connectivity index (χ0v) is 8.72. The molecule has 0 N–H and O–H groups in total. The Kier molecular flexibility index (Phi) is 4.10. The first kappa shape index (κ1) is 10.4. The van der Waals surface area contributed by atoms with Gasteiger partial charge in [-0.15, -0.1) is 0 Å². The van der Waals surface area contributed by atoms with Crippen LogP contribution in [0.4, 0.5) is 5.69 Å². The first-order valence-electron chi connectivity index (χ1n) is 4.50. The molecular weight excluding hydrogens is 182 g/mol. The molecule has 1 rings (SSSR count). The van der Waals surface area contributed by atoms with Gasteiger partial charge < -0.3 is 4.90 Å². The lowest BCUT2D eigenvalue weighted by Gasteiger charge is -2.18. The van der Waals surface area contributed by atoms with E-state index in [1.54, 1.807) is 0 Å². The van der Waals surface area contributed by atoms with Crippen molar-refractivity contribution in [3.05, 3.63) is 36.2 Å². The first-order valence-corrected chi connectivity index (χ1v) is 4.88. The fraction of sp³-hybridized carbons (Fsp3) is 0.364. The molecule has 0 aliphatic rings. The minimum Gasteiger partial charge on any atom is -0.375 e. The molecule has 1 radical (unpaired) electrons. The molecule has 1 nitrogen and oxygen atoms in total. The Bertz CT molecular complexity index is 243. The number of hydrogen-bond acceptors (Lipinski definition) is 1. The van der Waals surface area contributed by atoms with Gasteiger partial charge in [-0.3, -0.25) is 0 Å². The molecule has 0 aliphatic carbocycles. The molecule has 0 heterocycles. The number of unbranched alkanes of at least 4 members (excludes halogenated alkanes) is 1. The molecular formula is C11H15ClN. The van der Waals surface area contributed by atoms with Crippen molar-refractivity contribution in [1.82, 2.24) is 0 Å².